The molecule has 1 amide bonds. The number of nitrogens with zero attached hydrogens (tertiary/aromatic N) is 3. The van der Waals surface area contributed by atoms with Crippen LogP contribution in [0.4, 0.5) is 13.2 Å². The summed E-state index contributed by atoms with van der Waals surface area (Å²) in [5, 5.41) is 6.47. The third kappa shape index (κ3) is 7.23. The predicted molar refractivity (Wildman–Crippen MR) is 115 cm³/mol. The number of halogens is 4. The molecule has 2 aliphatic rings. The van der Waals surface area contributed by atoms with Gasteiger partial charge in [-0.25, -0.2) is 0 Å². The van der Waals surface area contributed by atoms with Crippen molar-refractivity contribution in [2.45, 2.75) is 38.3 Å². The summed E-state index contributed by atoms with van der Waals surface area (Å²) in [5.74, 6) is 0.901. The SMILES string of the molecule is CN=C(NCC1CCN(CC(F)(F)F)C1)NCC1(C(=O)N(C)C)CCCC1.I. The van der Waals surface area contributed by atoms with Crippen molar-refractivity contribution < 1.29 is 18.0 Å². The highest BCUT2D eigenvalue weighted by Gasteiger charge is 2.42. The summed E-state index contributed by atoms with van der Waals surface area (Å²) in [7, 11) is 5.22. The van der Waals surface area contributed by atoms with Gasteiger partial charge in [-0.05, 0) is 31.7 Å². The van der Waals surface area contributed by atoms with Crippen LogP contribution >= 0.6 is 24.0 Å². The van der Waals surface area contributed by atoms with Gasteiger partial charge in [-0.2, -0.15) is 13.2 Å². The Hall–Kier alpha value is -0.780. The summed E-state index contributed by atoms with van der Waals surface area (Å²) in [6.45, 7) is 1.16. The molecule has 2 rings (SSSR count). The fourth-order valence-electron chi connectivity index (χ4n) is 4.18. The van der Waals surface area contributed by atoms with Crippen LogP contribution in [0.15, 0.2) is 4.99 Å². The van der Waals surface area contributed by atoms with E-state index in [1.807, 2.05) is 0 Å². The minimum Gasteiger partial charge on any atom is -0.356 e. The fraction of sp³-hybridized carbons (Fsp3) is 0.889. The van der Waals surface area contributed by atoms with Gasteiger partial charge < -0.3 is 15.5 Å². The topological polar surface area (TPSA) is 60.0 Å². The maximum Gasteiger partial charge on any atom is 0.401 e. The Morgan fingerprint density at radius 3 is 2.43 bits per heavy atom. The van der Waals surface area contributed by atoms with Gasteiger partial charge in [-0.15, -0.1) is 24.0 Å². The molecule has 0 spiro atoms. The molecule has 1 aliphatic heterocycles. The van der Waals surface area contributed by atoms with Gasteiger partial charge in [-0.1, -0.05) is 12.8 Å². The highest BCUT2D eigenvalue weighted by Crippen LogP contribution is 2.38. The van der Waals surface area contributed by atoms with E-state index in [9.17, 15) is 18.0 Å². The first kappa shape index (κ1) is 25.3. The van der Waals surface area contributed by atoms with Crippen molar-refractivity contribution in [1.82, 2.24) is 20.4 Å². The lowest BCUT2D eigenvalue weighted by molar-refractivity contribution is -0.143. The zero-order chi connectivity index (χ0) is 20.1. The molecule has 0 bridgehead atoms. The summed E-state index contributed by atoms with van der Waals surface area (Å²) >= 11 is 0. The van der Waals surface area contributed by atoms with E-state index < -0.39 is 18.1 Å². The Labute approximate surface area is 182 Å². The maximum atomic E-state index is 12.6. The molecule has 1 atom stereocenters. The molecular weight excluding hydrogens is 486 g/mol. The second kappa shape index (κ2) is 10.8. The third-order valence-corrected chi connectivity index (χ3v) is 5.57. The van der Waals surface area contributed by atoms with Crippen LogP contribution in [0.2, 0.25) is 0 Å². The minimum absolute atomic E-state index is 0. The molecule has 28 heavy (non-hydrogen) atoms. The molecular formula is C18H33F3IN5O. The number of rotatable bonds is 6. The highest BCUT2D eigenvalue weighted by molar-refractivity contribution is 14.0. The van der Waals surface area contributed by atoms with Crippen LogP contribution in [0.3, 0.4) is 0 Å². The van der Waals surface area contributed by atoms with Crippen LogP contribution in [-0.4, -0.2) is 81.7 Å². The van der Waals surface area contributed by atoms with E-state index in [-0.39, 0.29) is 35.8 Å². The van der Waals surface area contributed by atoms with Gasteiger partial charge in [0.25, 0.3) is 0 Å². The van der Waals surface area contributed by atoms with E-state index in [0.717, 1.165) is 32.1 Å². The number of likely N-dealkylation sites (tertiary alicyclic amines) is 1. The largest absolute Gasteiger partial charge is 0.401 e. The number of nitrogens with one attached hydrogen (secondary N) is 2. The van der Waals surface area contributed by atoms with Crippen molar-refractivity contribution in [3.63, 3.8) is 0 Å². The number of amides is 1. The second-order valence-corrected chi connectivity index (χ2v) is 8.00. The first-order valence-electron chi connectivity index (χ1n) is 9.60. The molecule has 164 valence electrons. The summed E-state index contributed by atoms with van der Waals surface area (Å²) in [6, 6.07) is 0. The Morgan fingerprint density at radius 2 is 1.89 bits per heavy atom. The second-order valence-electron chi connectivity index (χ2n) is 8.00. The van der Waals surface area contributed by atoms with Crippen molar-refractivity contribution in [2.24, 2.45) is 16.3 Å². The summed E-state index contributed by atoms with van der Waals surface area (Å²) < 4.78 is 37.5. The quantitative estimate of drug-likeness (QED) is 0.322. The molecule has 1 unspecified atom stereocenters. The molecule has 2 N–H and O–H groups in total. The molecule has 1 saturated carbocycles. The number of hydrogen-bond donors (Lipinski definition) is 2. The van der Waals surface area contributed by atoms with Crippen molar-refractivity contribution in [3.8, 4) is 0 Å². The molecule has 0 aromatic heterocycles. The zero-order valence-corrected chi connectivity index (χ0v) is 19.3. The first-order chi connectivity index (χ1) is 12.6. The Balaban J connectivity index is 0.00000392. The van der Waals surface area contributed by atoms with Gasteiger partial charge in [0.15, 0.2) is 5.96 Å². The van der Waals surface area contributed by atoms with E-state index in [4.69, 9.17) is 0 Å². The van der Waals surface area contributed by atoms with E-state index in [0.29, 0.717) is 32.1 Å². The number of aliphatic imine (C=N–C) groups is 1. The Bertz CT molecular complexity index is 536. The number of alkyl halides is 3. The van der Waals surface area contributed by atoms with Crippen LogP contribution in [-0.2, 0) is 4.79 Å². The first-order valence-corrected chi connectivity index (χ1v) is 9.60. The Kier molecular flexibility index (Phi) is 9.78. The molecule has 1 saturated heterocycles. The standard InChI is InChI=1S/C18H32F3N5O.HI/c1-22-16(23-10-14-6-9-26(11-14)13-18(19,20)21)24-12-17(7-4-5-8-17)15(27)25(2)3;/h14H,4-13H2,1-3H3,(H2,22,23,24);1H. The van der Waals surface area contributed by atoms with Crippen LogP contribution in [0.5, 0.6) is 0 Å². The third-order valence-electron chi connectivity index (χ3n) is 5.57. The minimum atomic E-state index is -4.14. The number of carbonyl (C=O) groups is 1. The molecule has 0 radical (unpaired) electrons. The lowest BCUT2D eigenvalue weighted by Gasteiger charge is -2.31. The van der Waals surface area contributed by atoms with Gasteiger partial charge in [0, 0.05) is 40.8 Å². The molecule has 10 heteroatoms. The van der Waals surface area contributed by atoms with Crippen LogP contribution in [0.1, 0.15) is 32.1 Å². The van der Waals surface area contributed by atoms with Crippen molar-refractivity contribution in [2.75, 3.05) is 53.9 Å². The number of carbonyl (C=O) groups excluding carboxylic acids is 1. The van der Waals surface area contributed by atoms with E-state index in [1.54, 1.807) is 26.0 Å². The summed E-state index contributed by atoms with van der Waals surface area (Å²) in [5.41, 5.74) is -0.391. The van der Waals surface area contributed by atoms with Crippen molar-refractivity contribution in [3.05, 3.63) is 0 Å². The van der Waals surface area contributed by atoms with Crippen LogP contribution < -0.4 is 10.6 Å². The molecule has 0 aromatic rings. The normalized spacial score (nSPS) is 22.6. The van der Waals surface area contributed by atoms with Gasteiger partial charge in [0.1, 0.15) is 0 Å². The average Bonchev–Trinajstić information content (AvgIpc) is 3.23. The molecule has 6 nitrogen and oxygen atoms in total. The Morgan fingerprint density at radius 1 is 1.25 bits per heavy atom. The zero-order valence-electron chi connectivity index (χ0n) is 16.9. The smallest absolute Gasteiger partial charge is 0.356 e. The van der Waals surface area contributed by atoms with E-state index >= 15 is 0 Å². The monoisotopic (exact) mass is 519 g/mol. The fourth-order valence-corrected chi connectivity index (χ4v) is 4.18. The van der Waals surface area contributed by atoms with Gasteiger partial charge >= 0.3 is 6.18 Å². The highest BCUT2D eigenvalue weighted by atomic mass is 127. The maximum absolute atomic E-state index is 12.6. The summed E-state index contributed by atoms with van der Waals surface area (Å²) in [4.78, 5) is 19.9. The lowest BCUT2D eigenvalue weighted by Crippen LogP contribution is -2.49. The van der Waals surface area contributed by atoms with Crippen molar-refractivity contribution >= 4 is 35.8 Å². The van der Waals surface area contributed by atoms with Crippen molar-refractivity contribution in [1.29, 1.82) is 0 Å². The van der Waals surface area contributed by atoms with Gasteiger partial charge in [-0.3, -0.25) is 14.7 Å². The average molecular weight is 519 g/mol. The van der Waals surface area contributed by atoms with Gasteiger partial charge in [0.2, 0.25) is 5.91 Å². The molecule has 1 heterocycles. The van der Waals surface area contributed by atoms with Gasteiger partial charge in [0.05, 0.1) is 12.0 Å². The van der Waals surface area contributed by atoms with Crippen LogP contribution in [0.25, 0.3) is 0 Å². The van der Waals surface area contributed by atoms with E-state index in [2.05, 4.69) is 15.6 Å². The number of guanidine groups is 1. The van der Waals surface area contributed by atoms with E-state index in [1.165, 1.54) is 4.90 Å². The predicted octanol–water partition coefficient (Wildman–Crippen LogP) is 2.30. The van der Waals surface area contributed by atoms with Crippen LogP contribution in [0, 0.1) is 11.3 Å². The molecule has 2 fully saturated rings. The molecule has 1 aliphatic carbocycles. The summed E-state index contributed by atoms with van der Waals surface area (Å²) in [6.07, 6.45) is 0.415. The lowest BCUT2D eigenvalue weighted by atomic mass is 9.84. The number of hydrogen-bond acceptors (Lipinski definition) is 3. The molecule has 0 aromatic carbocycles.